The van der Waals surface area contributed by atoms with Gasteiger partial charge in [0.1, 0.15) is 0 Å². The van der Waals surface area contributed by atoms with Crippen LogP contribution in [0.5, 0.6) is 0 Å². The Morgan fingerprint density at radius 3 is 2.08 bits per heavy atom. The molecule has 0 nitrogen and oxygen atoms in total. The normalized spacial score (nSPS) is 9.58. The zero-order chi connectivity index (χ0) is 7.61. The van der Waals surface area contributed by atoms with E-state index in [9.17, 15) is 13.2 Å². The molecule has 5 heteroatoms. The van der Waals surface area contributed by atoms with Crippen molar-refractivity contribution in [2.45, 2.75) is 6.18 Å². The molecule has 64 valence electrons. The summed E-state index contributed by atoms with van der Waals surface area (Å²) in [6.07, 6.45) is -4.24. The minimum Gasteiger partial charge on any atom is -0.183 e. The molecular formula is C7H5ClF3Zn-. The van der Waals surface area contributed by atoms with Crippen LogP contribution in [0.2, 0.25) is 0 Å². The van der Waals surface area contributed by atoms with Crippen molar-refractivity contribution >= 4 is 12.4 Å². The number of alkyl halides is 3. The fourth-order valence-corrected chi connectivity index (χ4v) is 0.570. The molecule has 0 N–H and O–H groups in total. The van der Waals surface area contributed by atoms with Crippen LogP contribution in [0.4, 0.5) is 13.2 Å². The first-order chi connectivity index (χ1) is 4.61. The second kappa shape index (κ2) is 5.55. The maximum absolute atomic E-state index is 11.8. The first-order valence-electron chi connectivity index (χ1n) is 2.64. The van der Waals surface area contributed by atoms with Gasteiger partial charge in [0.05, 0.1) is 0 Å². The molecule has 0 spiro atoms. The van der Waals surface area contributed by atoms with Crippen LogP contribution in [0.3, 0.4) is 0 Å². The van der Waals surface area contributed by atoms with E-state index in [0.29, 0.717) is 0 Å². The molecule has 0 unspecified atom stereocenters. The number of hydrogen-bond acceptors (Lipinski definition) is 0. The Morgan fingerprint density at radius 1 is 1.25 bits per heavy atom. The molecule has 0 aliphatic rings. The van der Waals surface area contributed by atoms with Crippen LogP contribution in [0.25, 0.3) is 0 Å². The number of halogens is 4. The van der Waals surface area contributed by atoms with Crippen LogP contribution in [-0.2, 0) is 25.7 Å². The third-order valence-corrected chi connectivity index (χ3v) is 1.03. The van der Waals surface area contributed by atoms with Crippen molar-refractivity contribution in [2.24, 2.45) is 0 Å². The monoisotopic (exact) mass is 245 g/mol. The Hall–Kier alpha value is -0.0766. The maximum atomic E-state index is 11.8. The van der Waals surface area contributed by atoms with Crippen molar-refractivity contribution in [3.05, 3.63) is 35.9 Å². The van der Waals surface area contributed by atoms with Crippen molar-refractivity contribution in [3.63, 3.8) is 0 Å². The van der Waals surface area contributed by atoms with E-state index in [0.717, 1.165) is 12.1 Å². The molecular weight excluding hydrogens is 242 g/mol. The Labute approximate surface area is 87.3 Å². The van der Waals surface area contributed by atoms with Gasteiger partial charge in [-0.05, 0) is 0 Å². The largest absolute Gasteiger partial charge is 0.370 e. The molecule has 0 heterocycles. The summed E-state index contributed by atoms with van der Waals surface area (Å²) in [7, 11) is 0. The van der Waals surface area contributed by atoms with Gasteiger partial charge in [0.15, 0.2) is 0 Å². The molecule has 0 radical (unpaired) electrons. The standard InChI is InChI=1S/C7H4F3.ClH.Zn/c8-7(9,10)6-4-2-1-3-5-6;;/h1-2,4-5H;1H;/q-1;;. The van der Waals surface area contributed by atoms with E-state index in [2.05, 4.69) is 6.07 Å². The summed E-state index contributed by atoms with van der Waals surface area (Å²) in [4.78, 5) is 0. The first-order valence-corrected chi connectivity index (χ1v) is 2.64. The first kappa shape index (κ1) is 14.4. The molecule has 0 amide bonds. The number of hydrogen-bond donors (Lipinski definition) is 0. The quantitative estimate of drug-likeness (QED) is 0.488. The van der Waals surface area contributed by atoms with Gasteiger partial charge in [-0.25, -0.2) is 0 Å². The smallest absolute Gasteiger partial charge is 0.183 e. The summed E-state index contributed by atoms with van der Waals surface area (Å²) in [6, 6.07) is 7.01. The number of benzene rings is 1. The summed E-state index contributed by atoms with van der Waals surface area (Å²) < 4.78 is 35.3. The minimum absolute atomic E-state index is 0. The van der Waals surface area contributed by atoms with Crippen molar-refractivity contribution in [1.29, 1.82) is 0 Å². The fourth-order valence-electron chi connectivity index (χ4n) is 0.570. The van der Waals surface area contributed by atoms with Gasteiger partial charge in [-0.15, -0.1) is 12.4 Å². The molecule has 0 saturated carbocycles. The molecule has 1 rings (SSSR count). The Kier molecular flexibility index (Phi) is 6.68. The van der Waals surface area contributed by atoms with Gasteiger partial charge in [-0.3, -0.25) is 0 Å². The molecule has 0 fully saturated rings. The molecule has 1 aromatic rings. The maximum Gasteiger partial charge on any atom is 0.370 e. The molecule has 0 bridgehead atoms. The van der Waals surface area contributed by atoms with Gasteiger partial charge in [0.25, 0.3) is 0 Å². The van der Waals surface area contributed by atoms with Gasteiger partial charge in [0, 0.05) is 19.5 Å². The summed E-state index contributed by atoms with van der Waals surface area (Å²) in [6.45, 7) is 0. The molecule has 12 heavy (non-hydrogen) atoms. The Bertz CT molecular complexity index is 210. The van der Waals surface area contributed by atoms with Gasteiger partial charge in [-0.1, -0.05) is 5.56 Å². The number of rotatable bonds is 0. The van der Waals surface area contributed by atoms with Crippen LogP contribution in [0.15, 0.2) is 24.3 Å². The second-order valence-electron chi connectivity index (χ2n) is 1.79. The van der Waals surface area contributed by atoms with Crippen LogP contribution in [-0.4, -0.2) is 0 Å². The van der Waals surface area contributed by atoms with Gasteiger partial charge >= 0.3 is 6.18 Å². The van der Waals surface area contributed by atoms with Gasteiger partial charge in [-0.2, -0.15) is 43.5 Å². The predicted octanol–water partition coefficient (Wildman–Crippen LogP) is 2.92. The third kappa shape index (κ3) is 4.08. The SMILES string of the molecule is Cl.FC(F)(F)c1c[c-]ccc1.[Zn]. The molecule has 0 aliphatic carbocycles. The van der Waals surface area contributed by atoms with Crippen LogP contribution in [0, 0.1) is 6.07 Å². The minimum atomic E-state index is -4.24. The zero-order valence-electron chi connectivity index (χ0n) is 6.06. The predicted molar refractivity (Wildman–Crippen MR) is 37.5 cm³/mol. The molecule has 1 aromatic carbocycles. The van der Waals surface area contributed by atoms with Gasteiger partial charge < -0.3 is 0 Å². The third-order valence-electron chi connectivity index (χ3n) is 1.03. The Morgan fingerprint density at radius 2 is 1.83 bits per heavy atom. The van der Waals surface area contributed by atoms with Crippen molar-refractivity contribution < 1.29 is 32.6 Å². The summed E-state index contributed by atoms with van der Waals surface area (Å²) >= 11 is 0. The topological polar surface area (TPSA) is 0 Å². The van der Waals surface area contributed by atoms with Crippen molar-refractivity contribution in [1.82, 2.24) is 0 Å². The van der Waals surface area contributed by atoms with E-state index in [1.54, 1.807) is 0 Å². The molecule has 0 aliphatic heterocycles. The van der Waals surface area contributed by atoms with E-state index < -0.39 is 11.7 Å². The van der Waals surface area contributed by atoms with E-state index in [-0.39, 0.29) is 31.9 Å². The molecule has 0 aromatic heterocycles. The van der Waals surface area contributed by atoms with Crippen LogP contribution < -0.4 is 0 Å². The average molecular weight is 247 g/mol. The van der Waals surface area contributed by atoms with E-state index >= 15 is 0 Å². The second-order valence-corrected chi connectivity index (χ2v) is 1.79. The van der Waals surface area contributed by atoms with Crippen LogP contribution >= 0.6 is 12.4 Å². The summed E-state index contributed by atoms with van der Waals surface area (Å²) in [5, 5.41) is 0. The fraction of sp³-hybridized carbons (Fsp3) is 0.143. The summed E-state index contributed by atoms with van der Waals surface area (Å²) in [5.74, 6) is 0. The van der Waals surface area contributed by atoms with E-state index in [4.69, 9.17) is 0 Å². The zero-order valence-corrected chi connectivity index (χ0v) is 9.84. The van der Waals surface area contributed by atoms with Crippen molar-refractivity contribution in [3.8, 4) is 0 Å². The average Bonchev–Trinajstić information content (AvgIpc) is 1.88. The molecule has 0 atom stereocenters. The van der Waals surface area contributed by atoms with E-state index in [1.807, 2.05) is 0 Å². The summed E-state index contributed by atoms with van der Waals surface area (Å²) in [5.41, 5.74) is -0.657. The van der Waals surface area contributed by atoms with E-state index in [1.165, 1.54) is 12.1 Å². The van der Waals surface area contributed by atoms with Gasteiger partial charge in [0.2, 0.25) is 0 Å². The molecule has 0 saturated heterocycles. The van der Waals surface area contributed by atoms with Crippen LogP contribution in [0.1, 0.15) is 5.56 Å². The Balaban J connectivity index is 0. The van der Waals surface area contributed by atoms with Crippen molar-refractivity contribution in [2.75, 3.05) is 0 Å².